The third kappa shape index (κ3) is 5.08. The van der Waals surface area contributed by atoms with Gasteiger partial charge in [-0.15, -0.1) is 0 Å². The van der Waals surface area contributed by atoms with E-state index >= 15 is 0 Å². The number of hydrogen-bond donors (Lipinski definition) is 2. The molecule has 3 aromatic rings. The number of anilines is 3. The highest BCUT2D eigenvalue weighted by atomic mass is 35.5. The summed E-state index contributed by atoms with van der Waals surface area (Å²) in [5.41, 5.74) is 3.66. The summed E-state index contributed by atoms with van der Waals surface area (Å²) in [6, 6.07) is 16.4. The van der Waals surface area contributed by atoms with Crippen LogP contribution in [0.4, 0.5) is 17.1 Å². The van der Waals surface area contributed by atoms with Crippen LogP contribution in [0, 0.1) is 13.8 Å². The van der Waals surface area contributed by atoms with Gasteiger partial charge in [0.05, 0.1) is 10.7 Å². The normalized spacial score (nSPS) is 13.7. The zero-order chi connectivity index (χ0) is 24.5. The van der Waals surface area contributed by atoms with Crippen LogP contribution in [0.25, 0.3) is 0 Å². The van der Waals surface area contributed by atoms with Gasteiger partial charge in [0.25, 0.3) is 15.9 Å². The van der Waals surface area contributed by atoms with Gasteiger partial charge in [0.2, 0.25) is 5.91 Å². The molecule has 1 saturated heterocycles. The molecule has 1 fully saturated rings. The summed E-state index contributed by atoms with van der Waals surface area (Å²) >= 11 is 6.19. The number of benzene rings is 3. The largest absolute Gasteiger partial charge is 0.322 e. The van der Waals surface area contributed by atoms with Crippen LogP contribution in [0.15, 0.2) is 65.6 Å². The van der Waals surface area contributed by atoms with Crippen LogP contribution in [0.5, 0.6) is 0 Å². The molecule has 0 saturated carbocycles. The quantitative estimate of drug-likeness (QED) is 0.493. The van der Waals surface area contributed by atoms with Crippen molar-refractivity contribution in [2.24, 2.45) is 0 Å². The van der Waals surface area contributed by atoms with E-state index in [0.717, 1.165) is 23.2 Å². The van der Waals surface area contributed by atoms with Crippen molar-refractivity contribution >= 4 is 50.5 Å². The van der Waals surface area contributed by atoms with Gasteiger partial charge >= 0.3 is 0 Å². The molecule has 0 radical (unpaired) electrons. The SMILES string of the molecule is Cc1ccc(NS(=O)(=O)c2cc(C(=O)Nc3ccc(N4CCCC4=O)cc3)ccc2Cl)c(C)c1. The number of rotatable bonds is 6. The molecule has 0 unspecified atom stereocenters. The fourth-order valence-electron chi connectivity index (χ4n) is 3.83. The van der Waals surface area contributed by atoms with Gasteiger partial charge in [-0.3, -0.25) is 14.3 Å². The predicted molar refractivity (Wildman–Crippen MR) is 134 cm³/mol. The molecule has 34 heavy (non-hydrogen) atoms. The standard InChI is InChI=1S/C25H24ClN3O4S/c1-16-5-12-22(17(2)14-16)28-34(32,33)23-15-18(6-11-21(23)26)25(31)27-19-7-9-20(10-8-19)29-13-3-4-24(29)30/h5-12,14-15,28H,3-4,13H2,1-2H3,(H,27,31). The summed E-state index contributed by atoms with van der Waals surface area (Å²) in [5, 5.41) is 2.76. The lowest BCUT2D eigenvalue weighted by Gasteiger charge is -2.16. The number of amides is 2. The minimum Gasteiger partial charge on any atom is -0.322 e. The van der Waals surface area contributed by atoms with Crippen molar-refractivity contribution in [3.63, 3.8) is 0 Å². The summed E-state index contributed by atoms with van der Waals surface area (Å²) in [7, 11) is -4.03. The van der Waals surface area contributed by atoms with E-state index in [1.807, 2.05) is 13.0 Å². The Morgan fingerprint density at radius 1 is 1.00 bits per heavy atom. The van der Waals surface area contributed by atoms with Gasteiger partial charge in [-0.1, -0.05) is 29.3 Å². The number of aryl methyl sites for hydroxylation is 2. The molecule has 2 amide bonds. The molecule has 176 valence electrons. The first-order valence-electron chi connectivity index (χ1n) is 10.8. The second-order valence-corrected chi connectivity index (χ2v) is 10.3. The van der Waals surface area contributed by atoms with Crippen molar-refractivity contribution in [2.75, 3.05) is 21.5 Å². The number of sulfonamides is 1. The first-order chi connectivity index (χ1) is 16.1. The average molecular weight is 498 g/mol. The second-order valence-electron chi connectivity index (χ2n) is 8.22. The Kier molecular flexibility index (Phi) is 6.63. The zero-order valence-corrected chi connectivity index (χ0v) is 20.3. The molecule has 3 aromatic carbocycles. The maximum Gasteiger partial charge on any atom is 0.263 e. The number of nitrogens with zero attached hydrogens (tertiary/aromatic N) is 1. The number of carbonyl (C=O) groups excluding carboxylic acids is 2. The predicted octanol–water partition coefficient (Wildman–Crippen LogP) is 5.14. The molecule has 7 nitrogen and oxygen atoms in total. The lowest BCUT2D eigenvalue weighted by molar-refractivity contribution is -0.117. The molecule has 0 aliphatic carbocycles. The highest BCUT2D eigenvalue weighted by molar-refractivity contribution is 7.92. The van der Waals surface area contributed by atoms with E-state index < -0.39 is 15.9 Å². The van der Waals surface area contributed by atoms with Crippen LogP contribution in [-0.4, -0.2) is 26.8 Å². The van der Waals surface area contributed by atoms with Gasteiger partial charge in [-0.2, -0.15) is 0 Å². The van der Waals surface area contributed by atoms with E-state index in [1.165, 1.54) is 18.2 Å². The Bertz CT molecular complexity index is 1370. The van der Waals surface area contributed by atoms with Gasteiger partial charge in [-0.05, 0) is 74.4 Å². The molecule has 9 heteroatoms. The molecule has 1 aliphatic heterocycles. The summed E-state index contributed by atoms with van der Waals surface area (Å²) in [6.07, 6.45) is 1.37. The van der Waals surface area contributed by atoms with Gasteiger partial charge in [0.15, 0.2) is 0 Å². The van der Waals surface area contributed by atoms with Crippen LogP contribution < -0.4 is 14.9 Å². The Hall–Kier alpha value is -3.36. The Labute approximate surface area is 203 Å². The van der Waals surface area contributed by atoms with Gasteiger partial charge in [0.1, 0.15) is 4.90 Å². The summed E-state index contributed by atoms with van der Waals surface area (Å²) in [4.78, 5) is 26.2. The van der Waals surface area contributed by atoms with E-state index in [-0.39, 0.29) is 21.4 Å². The highest BCUT2D eigenvalue weighted by Crippen LogP contribution is 2.28. The fourth-order valence-corrected chi connectivity index (χ4v) is 5.49. The number of carbonyl (C=O) groups is 2. The molecule has 0 atom stereocenters. The third-order valence-corrected chi connectivity index (χ3v) is 7.47. The second kappa shape index (κ2) is 9.48. The molecule has 0 bridgehead atoms. The molecule has 4 rings (SSSR count). The van der Waals surface area contributed by atoms with E-state index in [9.17, 15) is 18.0 Å². The average Bonchev–Trinajstić information content (AvgIpc) is 3.22. The summed E-state index contributed by atoms with van der Waals surface area (Å²) in [6.45, 7) is 4.41. The van der Waals surface area contributed by atoms with E-state index in [1.54, 1.807) is 48.2 Å². The van der Waals surface area contributed by atoms with E-state index in [4.69, 9.17) is 11.6 Å². The third-order valence-electron chi connectivity index (χ3n) is 5.62. The van der Waals surface area contributed by atoms with Gasteiger partial charge in [-0.25, -0.2) is 8.42 Å². The maximum absolute atomic E-state index is 13.0. The lowest BCUT2D eigenvalue weighted by Crippen LogP contribution is -2.23. The van der Waals surface area contributed by atoms with Crippen molar-refractivity contribution in [2.45, 2.75) is 31.6 Å². The number of halogens is 1. The van der Waals surface area contributed by atoms with Crippen LogP contribution in [0.1, 0.15) is 34.3 Å². The minimum atomic E-state index is -4.03. The smallest absolute Gasteiger partial charge is 0.263 e. The first-order valence-corrected chi connectivity index (χ1v) is 12.6. The zero-order valence-electron chi connectivity index (χ0n) is 18.8. The minimum absolute atomic E-state index is 0.00782. The van der Waals surface area contributed by atoms with Crippen molar-refractivity contribution in [1.82, 2.24) is 0 Å². The first kappa shape index (κ1) is 23.8. The molecule has 1 aliphatic rings. The van der Waals surface area contributed by atoms with Crippen LogP contribution >= 0.6 is 11.6 Å². The molecule has 2 N–H and O–H groups in total. The Morgan fingerprint density at radius 2 is 1.74 bits per heavy atom. The fraction of sp³-hybridized carbons (Fsp3) is 0.200. The molecular weight excluding hydrogens is 474 g/mol. The van der Waals surface area contributed by atoms with E-state index in [0.29, 0.717) is 24.3 Å². The number of nitrogens with one attached hydrogen (secondary N) is 2. The Balaban J connectivity index is 1.53. The number of hydrogen-bond acceptors (Lipinski definition) is 4. The van der Waals surface area contributed by atoms with Crippen LogP contribution in [-0.2, 0) is 14.8 Å². The highest BCUT2D eigenvalue weighted by Gasteiger charge is 2.23. The molecule has 1 heterocycles. The summed E-state index contributed by atoms with van der Waals surface area (Å²) < 4.78 is 28.6. The Morgan fingerprint density at radius 3 is 2.38 bits per heavy atom. The van der Waals surface area contributed by atoms with Gasteiger partial charge in [0, 0.05) is 29.9 Å². The van der Waals surface area contributed by atoms with Crippen LogP contribution in [0.2, 0.25) is 5.02 Å². The van der Waals surface area contributed by atoms with Crippen LogP contribution in [0.3, 0.4) is 0 Å². The molecule has 0 spiro atoms. The van der Waals surface area contributed by atoms with Crippen molar-refractivity contribution in [1.29, 1.82) is 0 Å². The van der Waals surface area contributed by atoms with E-state index in [2.05, 4.69) is 10.0 Å². The van der Waals surface area contributed by atoms with Crippen molar-refractivity contribution < 1.29 is 18.0 Å². The molecule has 0 aromatic heterocycles. The lowest BCUT2D eigenvalue weighted by atomic mass is 10.1. The maximum atomic E-state index is 13.0. The van der Waals surface area contributed by atoms with Crippen molar-refractivity contribution in [3.05, 3.63) is 82.4 Å². The molecular formula is C25H24ClN3O4S. The van der Waals surface area contributed by atoms with Crippen molar-refractivity contribution in [3.8, 4) is 0 Å². The monoisotopic (exact) mass is 497 g/mol. The topological polar surface area (TPSA) is 95.6 Å². The summed E-state index contributed by atoms with van der Waals surface area (Å²) in [5.74, 6) is -0.397. The van der Waals surface area contributed by atoms with Gasteiger partial charge < -0.3 is 10.2 Å².